The molecule has 1 aliphatic heterocycles. The van der Waals surface area contributed by atoms with Crippen LogP contribution in [0.1, 0.15) is 11.9 Å². The summed E-state index contributed by atoms with van der Waals surface area (Å²) in [5, 5.41) is 0.748. The van der Waals surface area contributed by atoms with Gasteiger partial charge in [-0.25, -0.2) is 0 Å². The summed E-state index contributed by atoms with van der Waals surface area (Å²) in [6.07, 6.45) is -0.225. The van der Waals surface area contributed by atoms with E-state index in [9.17, 15) is 0 Å². The van der Waals surface area contributed by atoms with Gasteiger partial charge in [0, 0.05) is 10.6 Å². The molecule has 3 rings (SSSR count). The molecule has 0 aliphatic carbocycles. The van der Waals surface area contributed by atoms with Gasteiger partial charge in [-0.2, -0.15) is 0 Å². The highest BCUT2D eigenvalue weighted by molar-refractivity contribution is 6.30. The van der Waals surface area contributed by atoms with Gasteiger partial charge >= 0.3 is 0 Å². The predicted octanol–water partition coefficient (Wildman–Crippen LogP) is 4.05. The van der Waals surface area contributed by atoms with E-state index in [4.69, 9.17) is 21.1 Å². The highest BCUT2D eigenvalue weighted by atomic mass is 35.5. The van der Waals surface area contributed by atoms with Gasteiger partial charge in [0.1, 0.15) is 0 Å². The van der Waals surface area contributed by atoms with E-state index in [1.54, 1.807) is 0 Å². The SMILES string of the molecule is Clc1ccc(-c2cccc(C3OCCO3)c2)cc1. The van der Waals surface area contributed by atoms with Crippen molar-refractivity contribution in [1.82, 2.24) is 0 Å². The summed E-state index contributed by atoms with van der Waals surface area (Å²) in [4.78, 5) is 0. The third kappa shape index (κ3) is 2.41. The van der Waals surface area contributed by atoms with Crippen molar-refractivity contribution >= 4 is 11.6 Å². The number of hydrogen-bond acceptors (Lipinski definition) is 2. The largest absolute Gasteiger partial charge is 0.346 e. The van der Waals surface area contributed by atoms with E-state index >= 15 is 0 Å². The van der Waals surface area contributed by atoms with Crippen LogP contribution in [0.4, 0.5) is 0 Å². The number of ether oxygens (including phenoxy) is 2. The zero-order valence-electron chi connectivity index (χ0n) is 9.80. The molecule has 3 heteroatoms. The van der Waals surface area contributed by atoms with Crippen LogP contribution in [0.15, 0.2) is 48.5 Å². The van der Waals surface area contributed by atoms with Gasteiger partial charge in [-0.15, -0.1) is 0 Å². The van der Waals surface area contributed by atoms with Gasteiger partial charge in [0.2, 0.25) is 0 Å². The fourth-order valence-electron chi connectivity index (χ4n) is 2.06. The molecule has 0 unspecified atom stereocenters. The van der Waals surface area contributed by atoms with E-state index in [2.05, 4.69) is 12.1 Å². The van der Waals surface area contributed by atoms with Crippen LogP contribution >= 0.6 is 11.6 Å². The zero-order chi connectivity index (χ0) is 12.4. The molecular formula is C15H13ClO2. The van der Waals surface area contributed by atoms with Gasteiger partial charge in [-0.1, -0.05) is 41.9 Å². The topological polar surface area (TPSA) is 18.5 Å². The van der Waals surface area contributed by atoms with Gasteiger partial charge in [0.15, 0.2) is 6.29 Å². The summed E-state index contributed by atoms with van der Waals surface area (Å²) in [7, 11) is 0. The number of benzene rings is 2. The fourth-order valence-corrected chi connectivity index (χ4v) is 2.18. The Morgan fingerprint density at radius 1 is 0.889 bits per heavy atom. The normalized spacial score (nSPS) is 16.1. The molecule has 1 saturated heterocycles. The van der Waals surface area contributed by atoms with Gasteiger partial charge in [-0.05, 0) is 29.3 Å². The lowest BCUT2D eigenvalue weighted by atomic mass is 10.0. The van der Waals surface area contributed by atoms with Crippen molar-refractivity contribution < 1.29 is 9.47 Å². The molecule has 1 fully saturated rings. The molecule has 0 saturated carbocycles. The van der Waals surface area contributed by atoms with Crippen molar-refractivity contribution in [1.29, 1.82) is 0 Å². The Morgan fingerprint density at radius 2 is 1.61 bits per heavy atom. The first kappa shape index (κ1) is 11.7. The van der Waals surface area contributed by atoms with Crippen LogP contribution in [-0.4, -0.2) is 13.2 Å². The molecule has 18 heavy (non-hydrogen) atoms. The van der Waals surface area contributed by atoms with Crippen LogP contribution in [0.3, 0.4) is 0 Å². The Kier molecular flexibility index (Phi) is 3.33. The molecule has 1 heterocycles. The minimum Gasteiger partial charge on any atom is -0.346 e. The summed E-state index contributed by atoms with van der Waals surface area (Å²) in [5.41, 5.74) is 3.34. The van der Waals surface area contributed by atoms with Crippen LogP contribution in [0.25, 0.3) is 11.1 Å². The highest BCUT2D eigenvalue weighted by Crippen LogP contribution is 2.28. The minimum absolute atomic E-state index is 0.225. The van der Waals surface area contributed by atoms with E-state index in [0.717, 1.165) is 21.7 Å². The Labute approximate surface area is 111 Å². The average Bonchev–Trinajstić information content (AvgIpc) is 2.94. The smallest absolute Gasteiger partial charge is 0.184 e. The molecule has 0 amide bonds. The third-order valence-corrected chi connectivity index (χ3v) is 3.21. The maximum Gasteiger partial charge on any atom is 0.184 e. The van der Waals surface area contributed by atoms with E-state index in [-0.39, 0.29) is 6.29 Å². The minimum atomic E-state index is -0.225. The maximum absolute atomic E-state index is 5.89. The zero-order valence-corrected chi connectivity index (χ0v) is 10.6. The first-order valence-corrected chi connectivity index (χ1v) is 6.30. The Morgan fingerprint density at radius 3 is 2.33 bits per heavy atom. The van der Waals surface area contributed by atoms with E-state index in [1.165, 1.54) is 0 Å². The van der Waals surface area contributed by atoms with E-state index in [1.807, 2.05) is 36.4 Å². The van der Waals surface area contributed by atoms with Crippen molar-refractivity contribution in [3.8, 4) is 11.1 Å². The number of rotatable bonds is 2. The molecule has 0 atom stereocenters. The average molecular weight is 261 g/mol. The summed E-state index contributed by atoms with van der Waals surface area (Å²) in [6, 6.07) is 16.0. The predicted molar refractivity (Wildman–Crippen MR) is 71.5 cm³/mol. The maximum atomic E-state index is 5.89. The quantitative estimate of drug-likeness (QED) is 0.811. The van der Waals surface area contributed by atoms with Crippen LogP contribution in [0.2, 0.25) is 5.02 Å². The first-order chi connectivity index (χ1) is 8.83. The standard InChI is InChI=1S/C15H13ClO2/c16-14-6-4-11(5-7-14)12-2-1-3-13(10-12)15-17-8-9-18-15/h1-7,10,15H,8-9H2. The molecule has 0 bridgehead atoms. The molecular weight excluding hydrogens is 248 g/mol. The monoisotopic (exact) mass is 260 g/mol. The summed E-state index contributed by atoms with van der Waals surface area (Å²) in [5.74, 6) is 0. The van der Waals surface area contributed by atoms with Crippen molar-refractivity contribution in [2.75, 3.05) is 13.2 Å². The van der Waals surface area contributed by atoms with Crippen molar-refractivity contribution in [2.45, 2.75) is 6.29 Å². The van der Waals surface area contributed by atoms with Crippen LogP contribution in [-0.2, 0) is 9.47 Å². The van der Waals surface area contributed by atoms with Crippen molar-refractivity contribution in [3.63, 3.8) is 0 Å². The molecule has 0 radical (unpaired) electrons. The van der Waals surface area contributed by atoms with E-state index < -0.39 is 0 Å². The van der Waals surface area contributed by atoms with Gasteiger partial charge in [-0.3, -0.25) is 0 Å². The molecule has 2 aromatic carbocycles. The summed E-state index contributed by atoms with van der Waals surface area (Å²) in [6.45, 7) is 1.33. The van der Waals surface area contributed by atoms with Crippen molar-refractivity contribution in [2.24, 2.45) is 0 Å². The third-order valence-electron chi connectivity index (χ3n) is 2.96. The van der Waals surface area contributed by atoms with Gasteiger partial charge in [0.05, 0.1) is 13.2 Å². The molecule has 1 aliphatic rings. The molecule has 2 nitrogen and oxygen atoms in total. The summed E-state index contributed by atoms with van der Waals surface area (Å²) >= 11 is 5.89. The van der Waals surface area contributed by atoms with Crippen molar-refractivity contribution in [3.05, 3.63) is 59.1 Å². The molecule has 2 aromatic rings. The Bertz CT molecular complexity index is 530. The fraction of sp³-hybridized carbons (Fsp3) is 0.200. The number of hydrogen-bond donors (Lipinski definition) is 0. The highest BCUT2D eigenvalue weighted by Gasteiger charge is 2.18. The summed E-state index contributed by atoms with van der Waals surface area (Å²) < 4.78 is 11.0. The second-order valence-electron chi connectivity index (χ2n) is 4.21. The second kappa shape index (κ2) is 5.11. The number of halogens is 1. The lowest BCUT2D eigenvalue weighted by molar-refractivity contribution is -0.0440. The van der Waals surface area contributed by atoms with Crippen LogP contribution in [0.5, 0.6) is 0 Å². The lowest BCUT2D eigenvalue weighted by Crippen LogP contribution is -1.97. The van der Waals surface area contributed by atoms with Crippen LogP contribution in [0, 0.1) is 0 Å². The Hall–Kier alpha value is -1.35. The van der Waals surface area contributed by atoms with E-state index in [0.29, 0.717) is 13.2 Å². The second-order valence-corrected chi connectivity index (χ2v) is 4.64. The molecule has 0 spiro atoms. The first-order valence-electron chi connectivity index (χ1n) is 5.92. The Balaban J connectivity index is 1.92. The van der Waals surface area contributed by atoms with Gasteiger partial charge < -0.3 is 9.47 Å². The lowest BCUT2D eigenvalue weighted by Gasteiger charge is -2.11. The molecule has 0 aromatic heterocycles. The molecule has 92 valence electrons. The van der Waals surface area contributed by atoms with Gasteiger partial charge in [0.25, 0.3) is 0 Å². The molecule has 0 N–H and O–H groups in total. The van der Waals surface area contributed by atoms with Crippen LogP contribution < -0.4 is 0 Å².